The van der Waals surface area contributed by atoms with Crippen LogP contribution >= 0.6 is 11.3 Å². The van der Waals surface area contributed by atoms with Crippen molar-refractivity contribution in [2.45, 2.75) is 13.8 Å². The van der Waals surface area contributed by atoms with Crippen LogP contribution in [0.1, 0.15) is 33.9 Å². The van der Waals surface area contributed by atoms with Crippen LogP contribution in [0.5, 0.6) is 0 Å². The molecule has 0 aliphatic rings. The Bertz CT molecular complexity index is 620. The van der Waals surface area contributed by atoms with Gasteiger partial charge in [-0.2, -0.15) is 0 Å². The van der Waals surface area contributed by atoms with Crippen LogP contribution in [-0.2, 0) is 4.74 Å². The lowest BCUT2D eigenvalue weighted by Gasteiger charge is -2.09. The zero-order valence-electron chi connectivity index (χ0n) is 12.0. The van der Waals surface area contributed by atoms with Crippen molar-refractivity contribution in [3.8, 4) is 0 Å². The van der Waals surface area contributed by atoms with Gasteiger partial charge in [0.05, 0.1) is 17.0 Å². The number of esters is 1. The quantitative estimate of drug-likeness (QED) is 0.854. The van der Waals surface area contributed by atoms with E-state index in [9.17, 15) is 9.59 Å². The smallest absolute Gasteiger partial charge is 0.338 e. The van der Waals surface area contributed by atoms with E-state index in [1.54, 1.807) is 30.3 Å². The second-order valence-corrected chi connectivity index (χ2v) is 5.95. The first-order chi connectivity index (χ1) is 10.1. The maximum absolute atomic E-state index is 12.0. The van der Waals surface area contributed by atoms with Crippen LogP contribution in [0, 0.1) is 5.92 Å². The van der Waals surface area contributed by atoms with Crippen molar-refractivity contribution < 1.29 is 14.3 Å². The molecule has 1 N–H and O–H groups in total. The van der Waals surface area contributed by atoms with E-state index in [1.807, 2.05) is 25.3 Å². The molecule has 1 amide bonds. The Morgan fingerprint density at radius 2 is 2.05 bits per heavy atom. The monoisotopic (exact) mass is 303 g/mol. The van der Waals surface area contributed by atoms with E-state index in [0.717, 1.165) is 0 Å². The van der Waals surface area contributed by atoms with Crippen molar-refractivity contribution in [1.29, 1.82) is 0 Å². The molecule has 0 aliphatic heterocycles. The molecule has 1 aromatic heterocycles. The van der Waals surface area contributed by atoms with Crippen molar-refractivity contribution >= 4 is 28.9 Å². The van der Waals surface area contributed by atoms with Gasteiger partial charge in [0.2, 0.25) is 0 Å². The van der Waals surface area contributed by atoms with Crippen molar-refractivity contribution in [2.24, 2.45) is 5.92 Å². The molecule has 2 rings (SSSR count). The van der Waals surface area contributed by atoms with Gasteiger partial charge in [-0.25, -0.2) is 4.79 Å². The van der Waals surface area contributed by atoms with E-state index in [2.05, 4.69) is 5.32 Å². The minimum absolute atomic E-state index is 0.183. The summed E-state index contributed by atoms with van der Waals surface area (Å²) >= 11 is 1.37. The molecule has 110 valence electrons. The molecule has 0 saturated heterocycles. The molecule has 1 aromatic carbocycles. The summed E-state index contributed by atoms with van der Waals surface area (Å²) in [5, 5.41) is 4.61. The van der Waals surface area contributed by atoms with Gasteiger partial charge in [-0.05, 0) is 35.6 Å². The fourth-order valence-corrected chi connectivity index (χ4v) is 2.27. The van der Waals surface area contributed by atoms with E-state index >= 15 is 0 Å². The summed E-state index contributed by atoms with van der Waals surface area (Å²) in [5.41, 5.74) is 1.01. The van der Waals surface area contributed by atoms with Crippen LogP contribution in [-0.4, -0.2) is 18.5 Å². The molecule has 21 heavy (non-hydrogen) atoms. The van der Waals surface area contributed by atoms with Crippen LogP contribution < -0.4 is 5.32 Å². The summed E-state index contributed by atoms with van der Waals surface area (Å²) in [6.45, 7) is 4.33. The first-order valence-corrected chi connectivity index (χ1v) is 7.56. The molecule has 5 heteroatoms. The SMILES string of the molecule is CC(C)COC(=O)c1cccc(NC(=O)c2cccs2)c1. The molecule has 0 bridgehead atoms. The molecular weight excluding hydrogens is 286 g/mol. The summed E-state index contributed by atoms with van der Waals surface area (Å²) in [7, 11) is 0. The largest absolute Gasteiger partial charge is 0.462 e. The lowest BCUT2D eigenvalue weighted by atomic mass is 10.2. The molecule has 0 aliphatic carbocycles. The Kier molecular flexibility index (Phi) is 5.11. The van der Waals surface area contributed by atoms with Crippen molar-refractivity contribution in [3.05, 3.63) is 52.2 Å². The number of anilines is 1. The number of rotatable bonds is 5. The fourth-order valence-electron chi connectivity index (χ4n) is 1.65. The number of hydrogen-bond donors (Lipinski definition) is 1. The zero-order chi connectivity index (χ0) is 15.2. The Hall–Kier alpha value is -2.14. The molecule has 0 spiro atoms. The maximum Gasteiger partial charge on any atom is 0.338 e. The van der Waals surface area contributed by atoms with Gasteiger partial charge in [-0.3, -0.25) is 4.79 Å². The number of hydrogen-bond acceptors (Lipinski definition) is 4. The van der Waals surface area contributed by atoms with Gasteiger partial charge in [-0.15, -0.1) is 11.3 Å². The van der Waals surface area contributed by atoms with Crippen molar-refractivity contribution in [2.75, 3.05) is 11.9 Å². The highest BCUT2D eigenvalue weighted by Crippen LogP contribution is 2.15. The average molecular weight is 303 g/mol. The van der Waals surface area contributed by atoms with E-state index in [1.165, 1.54) is 11.3 Å². The molecule has 0 atom stereocenters. The minimum atomic E-state index is -0.379. The van der Waals surface area contributed by atoms with E-state index < -0.39 is 0 Å². The van der Waals surface area contributed by atoms with Gasteiger partial charge in [0.15, 0.2) is 0 Å². The van der Waals surface area contributed by atoms with E-state index in [0.29, 0.717) is 22.7 Å². The first kappa shape index (κ1) is 15.3. The standard InChI is InChI=1S/C16H17NO3S/c1-11(2)10-20-16(19)12-5-3-6-13(9-12)17-15(18)14-7-4-8-21-14/h3-9,11H,10H2,1-2H3,(H,17,18). The lowest BCUT2D eigenvalue weighted by Crippen LogP contribution is -2.12. The first-order valence-electron chi connectivity index (χ1n) is 6.68. The highest BCUT2D eigenvalue weighted by Gasteiger charge is 2.11. The van der Waals surface area contributed by atoms with Crippen LogP contribution in [0.15, 0.2) is 41.8 Å². The Labute approximate surface area is 127 Å². The molecule has 4 nitrogen and oxygen atoms in total. The number of amides is 1. The number of nitrogens with one attached hydrogen (secondary N) is 1. The normalized spacial score (nSPS) is 10.4. The number of ether oxygens (including phenoxy) is 1. The average Bonchev–Trinajstić information content (AvgIpc) is 2.99. The fraction of sp³-hybridized carbons (Fsp3) is 0.250. The van der Waals surface area contributed by atoms with Crippen LogP contribution in [0.3, 0.4) is 0 Å². The van der Waals surface area contributed by atoms with Gasteiger partial charge in [-0.1, -0.05) is 26.0 Å². The summed E-state index contributed by atoms with van der Waals surface area (Å²) in [6, 6.07) is 10.3. The predicted octanol–water partition coefficient (Wildman–Crippen LogP) is 3.81. The van der Waals surface area contributed by atoms with E-state index in [-0.39, 0.29) is 17.8 Å². The van der Waals surface area contributed by atoms with Crippen LogP contribution in [0.4, 0.5) is 5.69 Å². The Morgan fingerprint density at radius 3 is 2.71 bits per heavy atom. The van der Waals surface area contributed by atoms with Crippen molar-refractivity contribution in [1.82, 2.24) is 0 Å². The van der Waals surface area contributed by atoms with Gasteiger partial charge in [0, 0.05) is 5.69 Å². The zero-order valence-corrected chi connectivity index (χ0v) is 12.8. The van der Waals surface area contributed by atoms with Gasteiger partial charge < -0.3 is 10.1 Å². The van der Waals surface area contributed by atoms with Crippen LogP contribution in [0.25, 0.3) is 0 Å². The highest BCUT2D eigenvalue weighted by atomic mass is 32.1. The highest BCUT2D eigenvalue weighted by molar-refractivity contribution is 7.12. The van der Waals surface area contributed by atoms with Crippen LogP contribution in [0.2, 0.25) is 0 Å². The molecule has 0 saturated carbocycles. The second kappa shape index (κ2) is 7.04. The molecule has 0 unspecified atom stereocenters. The summed E-state index contributed by atoms with van der Waals surface area (Å²) in [4.78, 5) is 24.5. The molecular formula is C16H17NO3S. The number of carbonyl (C=O) groups is 2. The number of carbonyl (C=O) groups excluding carboxylic acids is 2. The summed E-state index contributed by atoms with van der Waals surface area (Å²) in [6.07, 6.45) is 0. The minimum Gasteiger partial charge on any atom is -0.462 e. The maximum atomic E-state index is 12.0. The summed E-state index contributed by atoms with van der Waals surface area (Å²) < 4.78 is 5.17. The molecule has 0 fully saturated rings. The number of benzene rings is 1. The Morgan fingerprint density at radius 1 is 1.24 bits per heavy atom. The summed E-state index contributed by atoms with van der Waals surface area (Å²) in [5.74, 6) is -0.274. The third-order valence-electron chi connectivity index (χ3n) is 2.65. The van der Waals surface area contributed by atoms with Gasteiger partial charge in [0.25, 0.3) is 5.91 Å². The third kappa shape index (κ3) is 4.43. The molecule has 1 heterocycles. The topological polar surface area (TPSA) is 55.4 Å². The lowest BCUT2D eigenvalue weighted by molar-refractivity contribution is 0.0459. The van der Waals surface area contributed by atoms with E-state index in [4.69, 9.17) is 4.74 Å². The molecule has 2 aromatic rings. The Balaban J connectivity index is 2.04. The molecule has 0 radical (unpaired) electrons. The third-order valence-corrected chi connectivity index (χ3v) is 3.52. The van der Waals surface area contributed by atoms with Crippen molar-refractivity contribution in [3.63, 3.8) is 0 Å². The predicted molar refractivity (Wildman–Crippen MR) is 83.8 cm³/mol. The van der Waals surface area contributed by atoms with Gasteiger partial charge in [0.1, 0.15) is 0 Å². The number of thiophene rings is 1. The second-order valence-electron chi connectivity index (χ2n) is 5.00. The van der Waals surface area contributed by atoms with Gasteiger partial charge >= 0.3 is 5.97 Å².